The Bertz CT molecular complexity index is 74.9. The van der Waals surface area contributed by atoms with E-state index < -0.39 is 0 Å². The van der Waals surface area contributed by atoms with Gasteiger partial charge in [-0.3, -0.25) is 0 Å². The first-order valence-electron chi connectivity index (χ1n) is 1.43. The Morgan fingerprint density at radius 2 is 1.33 bits per heavy atom. The molecule has 0 unspecified atom stereocenters. The van der Waals surface area contributed by atoms with Crippen molar-refractivity contribution in [1.29, 1.82) is 0 Å². The molecule has 1 heterocycles. The molecule has 0 aliphatic carbocycles. The maximum atomic E-state index is 2.63. The monoisotopic (exact) mass is 326 g/mol. The van der Waals surface area contributed by atoms with E-state index in [0.29, 0.717) is 0 Å². The summed E-state index contributed by atoms with van der Waals surface area (Å²) in [5.74, 6) is 0. The van der Waals surface area contributed by atoms with Crippen LogP contribution >= 0.6 is 0 Å². The minimum absolute atomic E-state index is 0.809. The van der Waals surface area contributed by atoms with E-state index in [9.17, 15) is 0 Å². The zero-order chi connectivity index (χ0) is 4.24. The molecule has 0 aromatic heterocycles. The molecule has 1 aliphatic rings. The summed E-state index contributed by atoms with van der Waals surface area (Å²) >= 11 is 3.24. The van der Waals surface area contributed by atoms with Crippen molar-refractivity contribution in [1.82, 2.24) is 0 Å². The van der Waals surface area contributed by atoms with Gasteiger partial charge in [-0.1, -0.05) is 0 Å². The minimum atomic E-state index is 0.809. The first-order chi connectivity index (χ1) is 3.00. The van der Waals surface area contributed by atoms with Crippen molar-refractivity contribution >= 4 is 60.0 Å². The van der Waals surface area contributed by atoms with Crippen LogP contribution in [0.15, 0.2) is 0 Å². The average Bonchev–Trinajstić information content (AvgIpc) is 1.72. The van der Waals surface area contributed by atoms with Crippen LogP contribution in [0.1, 0.15) is 0 Å². The molecule has 0 radical (unpaired) electrons. The summed E-state index contributed by atoms with van der Waals surface area (Å²) in [7, 11) is 0. The van der Waals surface area contributed by atoms with Gasteiger partial charge in [0.2, 0.25) is 0 Å². The molecule has 4 heteroatoms. The van der Waals surface area contributed by atoms with E-state index in [4.69, 9.17) is 0 Å². The number of hydrogen-bond acceptors (Lipinski definition) is 0. The second kappa shape index (κ2) is 3.91. The standard InChI is InChI=1S/C2H2As4/c1-3-5-2-6-4-1/h1-2H. The van der Waals surface area contributed by atoms with E-state index in [2.05, 4.69) is 7.19 Å². The molecule has 0 amide bonds. The van der Waals surface area contributed by atoms with E-state index in [1.54, 1.807) is 0 Å². The molecule has 0 nitrogen and oxygen atoms in total. The van der Waals surface area contributed by atoms with E-state index >= 15 is 0 Å². The van der Waals surface area contributed by atoms with Crippen LogP contribution in [0.3, 0.4) is 0 Å². The Morgan fingerprint density at radius 3 is 1.50 bits per heavy atom. The topological polar surface area (TPSA) is 0 Å². The fraction of sp³-hybridized carbons (Fsp3) is 0. The molecule has 6 heavy (non-hydrogen) atoms. The van der Waals surface area contributed by atoms with Gasteiger partial charge in [0.05, 0.1) is 0 Å². The second-order valence-corrected chi connectivity index (χ2v) is 18.7. The van der Waals surface area contributed by atoms with Crippen LogP contribution in [0, 0.1) is 0 Å². The van der Waals surface area contributed by atoms with Crippen molar-refractivity contribution in [3.05, 3.63) is 0 Å². The summed E-state index contributed by atoms with van der Waals surface area (Å²) in [5.41, 5.74) is 0. The molecule has 30 valence electrons. The van der Waals surface area contributed by atoms with Crippen LogP contribution in [0.5, 0.6) is 0 Å². The average molecular weight is 326 g/mol. The third-order valence-corrected chi connectivity index (χ3v) is 32.6. The molecular weight excluding hydrogens is 324 g/mol. The van der Waals surface area contributed by atoms with Crippen molar-refractivity contribution in [2.75, 3.05) is 0 Å². The van der Waals surface area contributed by atoms with Crippen molar-refractivity contribution in [2.45, 2.75) is 0 Å². The maximum absolute atomic E-state index is 2.63. The van der Waals surface area contributed by atoms with Gasteiger partial charge >= 0.3 is 60.0 Å². The van der Waals surface area contributed by atoms with Gasteiger partial charge in [0, 0.05) is 0 Å². The molecule has 0 aromatic rings. The van der Waals surface area contributed by atoms with Gasteiger partial charge < -0.3 is 0 Å². The molecule has 0 saturated carbocycles. The Kier molecular flexibility index (Phi) is 3.98. The summed E-state index contributed by atoms with van der Waals surface area (Å²) in [6.07, 6.45) is 0. The molecule has 0 bridgehead atoms. The van der Waals surface area contributed by atoms with Crippen LogP contribution in [-0.2, 0) is 0 Å². The van der Waals surface area contributed by atoms with Gasteiger partial charge in [0.15, 0.2) is 0 Å². The zero-order valence-electron chi connectivity index (χ0n) is 2.94. The van der Waals surface area contributed by atoms with Crippen molar-refractivity contribution in [2.24, 2.45) is 0 Å². The second-order valence-electron chi connectivity index (χ2n) is 0.693. The Balaban J connectivity index is 2.77. The SMILES string of the molecule is C1=[As][As]=C[As]=[As]1. The predicted octanol–water partition coefficient (Wildman–Crippen LogP) is -1.83. The van der Waals surface area contributed by atoms with Crippen LogP contribution in [0.2, 0.25) is 0 Å². The van der Waals surface area contributed by atoms with Crippen molar-refractivity contribution < 1.29 is 0 Å². The van der Waals surface area contributed by atoms with E-state index in [-0.39, 0.29) is 0 Å². The molecule has 0 aromatic carbocycles. The Hall–Kier alpha value is 1.97. The molecule has 1 aliphatic heterocycles. The molecule has 0 spiro atoms. The van der Waals surface area contributed by atoms with Gasteiger partial charge in [-0.2, -0.15) is 0 Å². The van der Waals surface area contributed by atoms with Gasteiger partial charge in [-0.05, 0) is 0 Å². The summed E-state index contributed by atoms with van der Waals surface area (Å²) in [6, 6.07) is 0. The summed E-state index contributed by atoms with van der Waals surface area (Å²) in [4.78, 5) is 0. The summed E-state index contributed by atoms with van der Waals surface area (Å²) in [5, 5.41) is 0. The number of hydrogen-bond donors (Lipinski definition) is 0. The quantitative estimate of drug-likeness (QED) is 0.460. The predicted molar refractivity (Wildman–Crippen MR) is 35.1 cm³/mol. The third kappa shape index (κ3) is 2.32. The molecule has 1 rings (SSSR count). The van der Waals surface area contributed by atoms with Crippen molar-refractivity contribution in [3.63, 3.8) is 0 Å². The van der Waals surface area contributed by atoms with Crippen molar-refractivity contribution in [3.8, 4) is 0 Å². The van der Waals surface area contributed by atoms with Crippen LogP contribution in [-0.4, -0.2) is 60.0 Å². The van der Waals surface area contributed by atoms with Gasteiger partial charge in [-0.25, -0.2) is 0 Å². The van der Waals surface area contributed by atoms with Crippen LogP contribution in [0.4, 0.5) is 0 Å². The summed E-state index contributed by atoms with van der Waals surface area (Å²) < 4.78 is 5.26. The van der Waals surface area contributed by atoms with Gasteiger partial charge in [0.25, 0.3) is 0 Å². The van der Waals surface area contributed by atoms with E-state index in [0.717, 1.165) is 52.8 Å². The Morgan fingerprint density at radius 1 is 0.833 bits per heavy atom. The first-order valence-corrected chi connectivity index (χ1v) is 16.2. The molecule has 0 N–H and O–H groups in total. The Labute approximate surface area is 59.1 Å². The molecule has 0 fully saturated rings. The molecule has 0 saturated heterocycles. The van der Waals surface area contributed by atoms with Gasteiger partial charge in [-0.15, -0.1) is 0 Å². The van der Waals surface area contributed by atoms with Crippen LogP contribution < -0.4 is 0 Å². The molecule has 0 atom stereocenters. The van der Waals surface area contributed by atoms with Gasteiger partial charge in [0.1, 0.15) is 0 Å². The van der Waals surface area contributed by atoms with E-state index in [1.807, 2.05) is 0 Å². The fourth-order valence-corrected chi connectivity index (χ4v) is 50.4. The zero-order valence-corrected chi connectivity index (χ0v) is 10.4. The summed E-state index contributed by atoms with van der Waals surface area (Å²) in [6.45, 7) is 0. The number of rotatable bonds is 0. The van der Waals surface area contributed by atoms with Crippen LogP contribution in [0.25, 0.3) is 0 Å². The third-order valence-electron chi connectivity index (χ3n) is 0.340. The molecular formula is C2H2As4. The fourth-order valence-electron chi connectivity index (χ4n) is 0.165. The normalized spacial score (nSPS) is 26.7. The van der Waals surface area contributed by atoms with E-state index in [1.165, 1.54) is 0 Å². The first kappa shape index (κ1) is 6.10.